The van der Waals surface area contributed by atoms with E-state index in [0.717, 1.165) is 33.1 Å². The van der Waals surface area contributed by atoms with Gasteiger partial charge in [-0.25, -0.2) is 4.98 Å². The first-order valence-electron chi connectivity index (χ1n) is 7.95. The van der Waals surface area contributed by atoms with Gasteiger partial charge in [0.05, 0.1) is 16.7 Å². The minimum atomic E-state index is -1.58. The Morgan fingerprint density at radius 3 is 2.76 bits per heavy atom. The molecule has 0 radical (unpaired) electrons. The molecule has 2 aromatic heterocycles. The van der Waals surface area contributed by atoms with Gasteiger partial charge in [-0.3, -0.25) is 4.98 Å². The fourth-order valence-electron chi connectivity index (χ4n) is 3.09. The van der Waals surface area contributed by atoms with Crippen LogP contribution >= 0.6 is 0 Å². The highest BCUT2D eigenvalue weighted by Gasteiger charge is 2.19. The highest BCUT2D eigenvalue weighted by atomic mass is 14.8. The number of pyridine rings is 2. The second-order valence-electron chi connectivity index (χ2n) is 5.26. The Morgan fingerprint density at radius 1 is 0.905 bits per heavy atom. The number of rotatable bonds is 0. The van der Waals surface area contributed by atoms with Gasteiger partial charge in [0, 0.05) is 20.9 Å². The molecule has 0 unspecified atom stereocenters. The highest BCUT2D eigenvalue weighted by molar-refractivity contribution is 6.01. The number of aromatic nitrogens is 2. The van der Waals surface area contributed by atoms with E-state index in [9.17, 15) is 0 Å². The van der Waals surface area contributed by atoms with Crippen molar-refractivity contribution in [3.8, 4) is 11.3 Å². The molecule has 2 aromatic carbocycles. The van der Waals surface area contributed by atoms with Crippen LogP contribution in [0, 0.1) is 0 Å². The first kappa shape index (κ1) is 9.24. The van der Waals surface area contributed by atoms with Crippen LogP contribution in [0.4, 0.5) is 0 Å². The molecule has 21 heavy (non-hydrogen) atoms. The maximum Gasteiger partial charge on any atom is 0.0894 e. The third-order valence-corrected chi connectivity index (χ3v) is 4.01. The van der Waals surface area contributed by atoms with Crippen LogP contribution in [0.25, 0.3) is 33.1 Å². The molecule has 5 rings (SSSR count). The Hall–Kier alpha value is -2.74. The van der Waals surface area contributed by atoms with Crippen LogP contribution in [0.15, 0.2) is 60.8 Å². The zero-order valence-electron chi connectivity index (χ0n) is 13.2. The Kier molecular flexibility index (Phi) is 1.71. The summed E-state index contributed by atoms with van der Waals surface area (Å²) in [7, 11) is 0. The second-order valence-corrected chi connectivity index (χ2v) is 5.26. The lowest BCUT2D eigenvalue weighted by molar-refractivity contribution is 1.16. The van der Waals surface area contributed by atoms with Gasteiger partial charge in [-0.1, -0.05) is 36.4 Å². The van der Waals surface area contributed by atoms with Crippen molar-refractivity contribution >= 4 is 21.8 Å². The zero-order valence-corrected chi connectivity index (χ0v) is 11.2. The van der Waals surface area contributed by atoms with E-state index >= 15 is 0 Å². The Balaban J connectivity index is 2.02. The van der Waals surface area contributed by atoms with Crippen LogP contribution in [0.5, 0.6) is 0 Å². The van der Waals surface area contributed by atoms with E-state index in [4.69, 9.17) is 7.73 Å². The normalized spacial score (nSPS) is 16.4. The van der Waals surface area contributed by atoms with E-state index in [-0.39, 0.29) is 0 Å². The van der Waals surface area contributed by atoms with Crippen LogP contribution in [0.1, 0.15) is 13.9 Å². The summed E-state index contributed by atoms with van der Waals surface area (Å²) in [5.41, 5.74) is 4.53. The smallest absolute Gasteiger partial charge is 0.0894 e. The molecule has 2 nitrogen and oxygen atoms in total. The minimum absolute atomic E-state index is 0.592. The number of nitrogens with zero attached hydrogens (tertiary/aromatic N) is 2. The average Bonchev–Trinajstić information content (AvgIpc) is 2.58. The van der Waals surface area contributed by atoms with Crippen molar-refractivity contribution in [2.24, 2.45) is 0 Å². The molecule has 0 amide bonds. The third kappa shape index (κ3) is 1.47. The molecule has 0 saturated carbocycles. The summed E-state index contributed by atoms with van der Waals surface area (Å²) in [5, 5.41) is 2.01. The fourth-order valence-corrected chi connectivity index (χ4v) is 3.09. The monoisotopic (exact) mass is 270 g/mol. The highest BCUT2D eigenvalue weighted by Crippen LogP contribution is 2.38. The van der Waals surface area contributed by atoms with E-state index in [0.29, 0.717) is 11.1 Å². The molecule has 0 fully saturated rings. The van der Waals surface area contributed by atoms with Crippen molar-refractivity contribution in [3.63, 3.8) is 0 Å². The van der Waals surface area contributed by atoms with Gasteiger partial charge in [-0.05, 0) is 40.1 Å². The summed E-state index contributed by atoms with van der Waals surface area (Å²) < 4.78 is 17.4. The van der Waals surface area contributed by atoms with E-state index in [1.54, 1.807) is 6.20 Å². The lowest BCUT2D eigenvalue weighted by Crippen LogP contribution is -2.03. The summed E-state index contributed by atoms with van der Waals surface area (Å²) in [4.78, 5) is 9.06. The Morgan fingerprint density at radius 2 is 1.81 bits per heavy atom. The van der Waals surface area contributed by atoms with E-state index < -0.39 is 6.37 Å². The van der Waals surface area contributed by atoms with Gasteiger partial charge in [0.2, 0.25) is 0 Å². The Labute approximate surface area is 124 Å². The quantitative estimate of drug-likeness (QED) is 0.474. The van der Waals surface area contributed by atoms with Crippen molar-refractivity contribution in [2.45, 2.75) is 6.37 Å². The largest absolute Gasteiger partial charge is 0.255 e. The van der Waals surface area contributed by atoms with Gasteiger partial charge in [-0.2, -0.15) is 0 Å². The van der Waals surface area contributed by atoms with Gasteiger partial charge < -0.3 is 0 Å². The molecule has 1 aliphatic rings. The SMILES string of the molecule is [2H]C1([2H])c2cc3ncccc3nc2-c2cccc3cccc1c23. The van der Waals surface area contributed by atoms with Gasteiger partial charge in [-0.15, -0.1) is 0 Å². The van der Waals surface area contributed by atoms with Crippen molar-refractivity contribution in [3.05, 3.63) is 71.9 Å². The average molecular weight is 270 g/mol. The van der Waals surface area contributed by atoms with Gasteiger partial charge >= 0.3 is 0 Å². The Bertz CT molecular complexity index is 1100. The van der Waals surface area contributed by atoms with Crippen molar-refractivity contribution in [1.82, 2.24) is 9.97 Å². The summed E-state index contributed by atoms with van der Waals surface area (Å²) in [5.74, 6) is 0. The molecule has 98 valence electrons. The molecule has 0 atom stereocenters. The van der Waals surface area contributed by atoms with Crippen molar-refractivity contribution in [2.75, 3.05) is 0 Å². The molecule has 0 saturated heterocycles. The van der Waals surface area contributed by atoms with Crippen LogP contribution in [-0.2, 0) is 6.37 Å². The lowest BCUT2D eigenvalue weighted by Gasteiger charge is -2.20. The zero-order chi connectivity index (χ0) is 15.6. The minimum Gasteiger partial charge on any atom is -0.255 e. The number of hydrogen-bond acceptors (Lipinski definition) is 2. The van der Waals surface area contributed by atoms with Crippen LogP contribution in [0.3, 0.4) is 0 Å². The summed E-state index contributed by atoms with van der Waals surface area (Å²) >= 11 is 0. The fraction of sp³-hybridized carbons (Fsp3) is 0.0526. The summed E-state index contributed by atoms with van der Waals surface area (Å²) in [6.07, 6.45) is 0.130. The molecular weight excluding hydrogens is 256 g/mol. The molecule has 4 aromatic rings. The molecule has 0 N–H and O–H groups in total. The number of hydrogen-bond donors (Lipinski definition) is 0. The summed E-state index contributed by atoms with van der Waals surface area (Å²) in [6, 6.07) is 17.5. The molecule has 1 aliphatic carbocycles. The first-order chi connectivity index (χ1) is 11.2. The maximum absolute atomic E-state index is 8.70. The second kappa shape index (κ2) is 3.89. The van der Waals surface area contributed by atoms with E-state index in [1.165, 1.54) is 0 Å². The van der Waals surface area contributed by atoms with Crippen molar-refractivity contribution in [1.29, 1.82) is 0 Å². The molecule has 2 heteroatoms. The molecular formula is C19H12N2. The molecule has 0 spiro atoms. The predicted octanol–water partition coefficient (Wildman–Crippen LogP) is 4.35. The lowest BCUT2D eigenvalue weighted by atomic mass is 9.86. The van der Waals surface area contributed by atoms with Crippen LogP contribution < -0.4 is 0 Å². The van der Waals surface area contributed by atoms with Crippen molar-refractivity contribution < 1.29 is 2.74 Å². The number of fused-ring (bicyclic) bond motifs is 3. The standard InChI is InChI=1S/C19H12N2/c1-4-12-5-2-7-15-18(12)13(6-1)10-14-11-17-16(21-19(14)15)8-3-9-20-17/h1-9,11H,10H2/i10D2. The third-order valence-electron chi connectivity index (χ3n) is 4.01. The molecule has 2 heterocycles. The predicted molar refractivity (Wildman–Crippen MR) is 85.3 cm³/mol. The number of benzene rings is 2. The van der Waals surface area contributed by atoms with E-state index in [1.807, 2.05) is 54.6 Å². The summed E-state index contributed by atoms with van der Waals surface area (Å²) in [6.45, 7) is 0. The molecule has 0 aliphatic heterocycles. The first-order valence-corrected chi connectivity index (χ1v) is 6.95. The van der Waals surface area contributed by atoms with Gasteiger partial charge in [0.15, 0.2) is 0 Å². The maximum atomic E-state index is 8.70. The van der Waals surface area contributed by atoms with Crippen LogP contribution in [0.2, 0.25) is 0 Å². The topological polar surface area (TPSA) is 25.8 Å². The van der Waals surface area contributed by atoms with Gasteiger partial charge in [0.25, 0.3) is 0 Å². The molecule has 0 bridgehead atoms. The van der Waals surface area contributed by atoms with E-state index in [2.05, 4.69) is 4.98 Å². The van der Waals surface area contributed by atoms with Crippen LogP contribution in [-0.4, -0.2) is 9.97 Å². The van der Waals surface area contributed by atoms with Gasteiger partial charge in [0.1, 0.15) is 0 Å².